The van der Waals surface area contributed by atoms with Crippen molar-refractivity contribution in [3.05, 3.63) is 175 Å². The minimum absolute atomic E-state index is 0.524. The van der Waals surface area contributed by atoms with Gasteiger partial charge in [-0.05, 0) is 43.2 Å². The summed E-state index contributed by atoms with van der Waals surface area (Å²) in [6.07, 6.45) is 0. The van der Waals surface area contributed by atoms with E-state index in [-0.39, 0.29) is 0 Å². The molecule has 0 N–H and O–H groups in total. The van der Waals surface area contributed by atoms with Crippen molar-refractivity contribution in [2.24, 2.45) is 0 Å². The lowest BCUT2D eigenvalue weighted by atomic mass is 9.96. The maximum Gasteiger partial charge on any atom is 0.164 e. The minimum atomic E-state index is 0.524. The van der Waals surface area contributed by atoms with E-state index in [2.05, 4.69) is 28.2 Å². The van der Waals surface area contributed by atoms with Crippen molar-refractivity contribution < 1.29 is 0 Å². The molecule has 9 rings (SSSR count). The molecule has 266 valence electrons. The molecule has 0 saturated heterocycles. The van der Waals surface area contributed by atoms with Crippen molar-refractivity contribution in [3.8, 4) is 90.8 Å². The third kappa shape index (κ3) is 7.16. The SMILES string of the molecule is Cc1nc(-c2ccccc2)nc(-c2cccc(-c3nc(-c4ccccc4)nc(-c4ccc(-c5nc(C)nc(-c6ccccc6)n5)c(-c5ccccc5)c4)n3)c2)n1. The number of nitrogens with zero attached hydrogens (tertiary/aromatic N) is 9. The molecule has 0 aliphatic carbocycles. The molecule has 9 nitrogen and oxygen atoms in total. The average Bonchev–Trinajstić information content (AvgIpc) is 3.27. The predicted molar refractivity (Wildman–Crippen MR) is 220 cm³/mol. The number of aromatic nitrogens is 9. The van der Waals surface area contributed by atoms with Crippen LogP contribution in [0.25, 0.3) is 90.8 Å². The van der Waals surface area contributed by atoms with Crippen LogP contribution in [0, 0.1) is 13.8 Å². The van der Waals surface area contributed by atoms with Gasteiger partial charge in [-0.25, -0.2) is 44.9 Å². The van der Waals surface area contributed by atoms with Crippen LogP contribution in [0.4, 0.5) is 0 Å². The van der Waals surface area contributed by atoms with Crippen molar-refractivity contribution >= 4 is 0 Å². The molecule has 56 heavy (non-hydrogen) atoms. The molecule has 3 aromatic heterocycles. The summed E-state index contributed by atoms with van der Waals surface area (Å²) in [6, 6.07) is 54.2. The maximum atomic E-state index is 5.11. The molecule has 0 aliphatic heterocycles. The van der Waals surface area contributed by atoms with Gasteiger partial charge in [-0.15, -0.1) is 0 Å². The third-order valence-electron chi connectivity index (χ3n) is 9.21. The van der Waals surface area contributed by atoms with Crippen LogP contribution in [0.2, 0.25) is 0 Å². The Balaban J connectivity index is 1.18. The second kappa shape index (κ2) is 15.0. The molecular formula is C47H33N9. The van der Waals surface area contributed by atoms with Crippen LogP contribution in [0.1, 0.15) is 11.6 Å². The molecule has 3 heterocycles. The summed E-state index contributed by atoms with van der Waals surface area (Å²) in [6.45, 7) is 3.77. The van der Waals surface area contributed by atoms with E-state index in [0.29, 0.717) is 52.4 Å². The lowest BCUT2D eigenvalue weighted by Gasteiger charge is -2.14. The lowest BCUT2D eigenvalue weighted by molar-refractivity contribution is 0.991. The average molecular weight is 724 g/mol. The van der Waals surface area contributed by atoms with Crippen LogP contribution >= 0.6 is 0 Å². The van der Waals surface area contributed by atoms with Crippen molar-refractivity contribution in [1.82, 2.24) is 44.9 Å². The number of rotatable bonds is 8. The summed E-state index contributed by atoms with van der Waals surface area (Å²) in [5.74, 6) is 5.28. The van der Waals surface area contributed by atoms with Crippen molar-refractivity contribution in [2.75, 3.05) is 0 Å². The van der Waals surface area contributed by atoms with E-state index in [4.69, 9.17) is 34.9 Å². The fourth-order valence-corrected chi connectivity index (χ4v) is 6.53. The molecule has 0 bridgehead atoms. The van der Waals surface area contributed by atoms with Crippen LogP contribution in [0.3, 0.4) is 0 Å². The summed E-state index contributed by atoms with van der Waals surface area (Å²) in [5, 5.41) is 0. The Morgan fingerprint density at radius 2 is 0.554 bits per heavy atom. The second-order valence-electron chi connectivity index (χ2n) is 13.2. The molecule has 0 fully saturated rings. The van der Waals surface area contributed by atoms with Crippen LogP contribution < -0.4 is 0 Å². The Kier molecular flexibility index (Phi) is 9.14. The fourth-order valence-electron chi connectivity index (χ4n) is 6.53. The smallest absolute Gasteiger partial charge is 0.164 e. The molecule has 0 radical (unpaired) electrons. The minimum Gasteiger partial charge on any atom is -0.213 e. The van der Waals surface area contributed by atoms with E-state index in [1.807, 2.05) is 159 Å². The molecule has 9 aromatic rings. The Labute approximate surface area is 324 Å². The van der Waals surface area contributed by atoms with Gasteiger partial charge in [0.2, 0.25) is 0 Å². The van der Waals surface area contributed by atoms with Gasteiger partial charge >= 0.3 is 0 Å². The summed E-state index contributed by atoms with van der Waals surface area (Å²) >= 11 is 0. The Hall–Kier alpha value is -7.65. The quantitative estimate of drug-likeness (QED) is 0.151. The molecule has 0 aliphatic rings. The summed E-state index contributed by atoms with van der Waals surface area (Å²) in [4.78, 5) is 43.7. The van der Waals surface area contributed by atoms with Crippen LogP contribution in [0.5, 0.6) is 0 Å². The molecule has 0 saturated carbocycles. The first-order valence-corrected chi connectivity index (χ1v) is 18.2. The largest absolute Gasteiger partial charge is 0.213 e. The van der Waals surface area contributed by atoms with E-state index >= 15 is 0 Å². The highest BCUT2D eigenvalue weighted by molar-refractivity contribution is 5.85. The lowest BCUT2D eigenvalue weighted by Crippen LogP contribution is -2.02. The van der Waals surface area contributed by atoms with Gasteiger partial charge in [0, 0.05) is 38.9 Å². The van der Waals surface area contributed by atoms with Gasteiger partial charge in [-0.2, -0.15) is 0 Å². The van der Waals surface area contributed by atoms with Gasteiger partial charge in [0.15, 0.2) is 40.8 Å². The predicted octanol–water partition coefficient (Wildman–Crippen LogP) is 10.2. The first kappa shape index (κ1) is 34.1. The summed E-state index contributed by atoms with van der Waals surface area (Å²) in [5.41, 5.74) is 8.00. The highest BCUT2D eigenvalue weighted by Gasteiger charge is 2.18. The van der Waals surface area contributed by atoms with Crippen molar-refractivity contribution in [2.45, 2.75) is 13.8 Å². The van der Waals surface area contributed by atoms with Gasteiger partial charge < -0.3 is 0 Å². The molecule has 6 aromatic carbocycles. The second-order valence-corrected chi connectivity index (χ2v) is 13.2. The first-order chi connectivity index (χ1) is 27.5. The molecule has 0 atom stereocenters. The van der Waals surface area contributed by atoms with Crippen LogP contribution in [-0.4, -0.2) is 44.9 Å². The standard InChI is InChI=1S/C47H33N9/c1-30-48-41(33-18-9-4-10-19-33)52-44(50-30)36-24-15-25-37(28-36)45-53-43(35-22-13-6-14-23-35)54-46(55-45)38-26-27-39(40(29-38)32-16-7-3-8-17-32)47-51-31(2)49-42(56-47)34-20-11-5-12-21-34/h3-29H,1-2H3. The summed E-state index contributed by atoms with van der Waals surface area (Å²) < 4.78 is 0. The van der Waals surface area contributed by atoms with Gasteiger partial charge in [-0.1, -0.05) is 146 Å². The van der Waals surface area contributed by atoms with Gasteiger partial charge in [0.25, 0.3) is 0 Å². The number of aryl methyl sites for hydroxylation is 2. The monoisotopic (exact) mass is 723 g/mol. The summed E-state index contributed by atoms with van der Waals surface area (Å²) in [7, 11) is 0. The van der Waals surface area contributed by atoms with Gasteiger partial charge in [0.05, 0.1) is 0 Å². The topological polar surface area (TPSA) is 116 Å². The van der Waals surface area contributed by atoms with E-state index in [1.54, 1.807) is 0 Å². The Morgan fingerprint density at radius 1 is 0.232 bits per heavy atom. The number of benzene rings is 6. The van der Waals surface area contributed by atoms with Crippen molar-refractivity contribution in [3.63, 3.8) is 0 Å². The zero-order valence-corrected chi connectivity index (χ0v) is 30.6. The zero-order chi connectivity index (χ0) is 37.8. The highest BCUT2D eigenvalue weighted by Crippen LogP contribution is 2.35. The molecule has 0 spiro atoms. The normalized spacial score (nSPS) is 11.0. The molecule has 9 heteroatoms. The Bertz CT molecular complexity index is 2810. The van der Waals surface area contributed by atoms with Crippen LogP contribution in [0.15, 0.2) is 164 Å². The number of hydrogen-bond donors (Lipinski definition) is 0. The van der Waals surface area contributed by atoms with E-state index in [0.717, 1.165) is 50.1 Å². The molecular weight excluding hydrogens is 691 g/mol. The van der Waals surface area contributed by atoms with E-state index < -0.39 is 0 Å². The zero-order valence-electron chi connectivity index (χ0n) is 30.6. The van der Waals surface area contributed by atoms with Gasteiger partial charge in [-0.3, -0.25) is 0 Å². The first-order valence-electron chi connectivity index (χ1n) is 18.2. The van der Waals surface area contributed by atoms with Gasteiger partial charge in [0.1, 0.15) is 11.6 Å². The third-order valence-corrected chi connectivity index (χ3v) is 9.21. The number of hydrogen-bond acceptors (Lipinski definition) is 9. The maximum absolute atomic E-state index is 5.11. The van der Waals surface area contributed by atoms with E-state index in [9.17, 15) is 0 Å². The van der Waals surface area contributed by atoms with E-state index in [1.165, 1.54) is 0 Å². The Morgan fingerprint density at radius 3 is 1.02 bits per heavy atom. The molecule has 0 amide bonds. The van der Waals surface area contributed by atoms with Crippen molar-refractivity contribution in [1.29, 1.82) is 0 Å². The fraction of sp³-hybridized carbons (Fsp3) is 0.0426. The highest BCUT2D eigenvalue weighted by atomic mass is 15.0. The van der Waals surface area contributed by atoms with Crippen LogP contribution in [-0.2, 0) is 0 Å². The molecule has 0 unspecified atom stereocenters.